The van der Waals surface area contributed by atoms with Crippen molar-refractivity contribution < 1.29 is 48.1 Å². The van der Waals surface area contributed by atoms with Crippen molar-refractivity contribution in [2.75, 3.05) is 0 Å². The van der Waals surface area contributed by atoms with Crippen molar-refractivity contribution in [1.29, 1.82) is 0 Å². The van der Waals surface area contributed by atoms with E-state index in [0.29, 0.717) is 0 Å². The van der Waals surface area contributed by atoms with Crippen LogP contribution in [0.25, 0.3) is 43.8 Å². The first-order valence-corrected chi connectivity index (χ1v) is 22.4. The maximum atomic E-state index is 2.33. The Labute approximate surface area is 318 Å². The Morgan fingerprint density at radius 3 is 1.17 bits per heavy atom. The molecule has 252 valence electrons. The summed E-state index contributed by atoms with van der Waals surface area (Å²) in [5.74, 6) is 0. The molecule has 0 nitrogen and oxygen atoms in total. The second kappa shape index (κ2) is 18.1. The number of hydrogen-bond donors (Lipinski definition) is 0. The van der Waals surface area contributed by atoms with Gasteiger partial charge >= 0.3 is 54.7 Å². The molecule has 0 saturated carbocycles. The minimum atomic E-state index is 0. The number of halogens is 2. The first-order chi connectivity index (χ1) is 21.7. The summed E-state index contributed by atoms with van der Waals surface area (Å²) in [5.41, 5.74) is 11.5. The van der Waals surface area contributed by atoms with Crippen molar-refractivity contribution in [3.63, 3.8) is 0 Å². The van der Waals surface area contributed by atoms with Crippen LogP contribution in [0.5, 0.6) is 0 Å². The van der Waals surface area contributed by atoms with Gasteiger partial charge in [0.15, 0.2) is 0 Å². The van der Waals surface area contributed by atoms with E-state index in [1.807, 2.05) is 0 Å². The smallest absolute Gasteiger partial charge is 0.0132 e. The van der Waals surface area contributed by atoms with E-state index in [9.17, 15) is 0 Å². The molecule has 0 aliphatic heterocycles. The van der Waals surface area contributed by atoms with Crippen molar-refractivity contribution in [2.45, 2.75) is 92.2 Å². The zero-order chi connectivity index (χ0) is 33.6. The number of rotatable bonds is 4. The fourth-order valence-electron chi connectivity index (χ4n) is 5.77. The predicted octanol–water partition coefficient (Wildman–Crippen LogP) is 7.24. The van der Waals surface area contributed by atoms with E-state index in [4.69, 9.17) is 0 Å². The van der Waals surface area contributed by atoms with E-state index in [1.54, 1.807) is 23.3 Å². The molecule has 0 spiro atoms. The Hall–Kier alpha value is -2.22. The number of aryl methyl sites for hydroxylation is 2. The van der Waals surface area contributed by atoms with Crippen molar-refractivity contribution in [2.24, 2.45) is 0 Å². The first kappa shape index (κ1) is 41.9. The van der Waals surface area contributed by atoms with Crippen LogP contribution in [0.1, 0.15) is 77.6 Å². The van der Waals surface area contributed by atoms with E-state index in [0.717, 1.165) is 0 Å². The van der Waals surface area contributed by atoms with Gasteiger partial charge in [0.05, 0.1) is 0 Å². The van der Waals surface area contributed by atoms with E-state index in [2.05, 4.69) is 178 Å². The summed E-state index contributed by atoms with van der Waals surface area (Å²) in [4.78, 5) is 0. The van der Waals surface area contributed by atoms with Crippen LogP contribution in [0.2, 0.25) is 12.1 Å². The van der Waals surface area contributed by atoms with Gasteiger partial charge in [0.1, 0.15) is 0 Å². The third kappa shape index (κ3) is 10.9. The number of hydrogen-bond acceptors (Lipinski definition) is 0. The molecule has 6 rings (SSSR count). The van der Waals surface area contributed by atoms with Crippen LogP contribution in [-0.2, 0) is 34.2 Å². The van der Waals surface area contributed by atoms with Gasteiger partial charge < -0.3 is 24.8 Å². The van der Waals surface area contributed by atoms with Gasteiger partial charge in [-0.25, -0.2) is 0 Å². The summed E-state index contributed by atoms with van der Waals surface area (Å²) >= 11 is 1.80. The van der Waals surface area contributed by atoms with Gasteiger partial charge in [-0.2, -0.15) is 0 Å². The molecule has 0 aromatic heterocycles. The predicted molar refractivity (Wildman–Crippen MR) is 204 cm³/mol. The standard InChI is InChI=1S/2C20H21.C4H10Si.2ClH.Zr/c2*1-14-11-18(20(2,3)4)9-10-19(14)17-12-15-7-5-6-8-16(15)13-17;1-3-5-4-2;;;/h2*5-13H,1-4H3;3-4H2,1-2H3;2*1H;/q2*-1;;;;+2/p-2. The Morgan fingerprint density at radius 2 is 0.896 bits per heavy atom. The maximum Gasteiger partial charge on any atom is -0.0132 e. The summed E-state index contributed by atoms with van der Waals surface area (Å²) in [6.45, 7) is 22.6. The van der Waals surface area contributed by atoms with Gasteiger partial charge in [-0.15, -0.1) is 69.1 Å². The molecule has 0 aliphatic rings. The molecule has 6 aromatic rings. The molecule has 0 aliphatic carbocycles. The summed E-state index contributed by atoms with van der Waals surface area (Å²) in [5, 5.41) is 5.28. The quantitative estimate of drug-likeness (QED) is 0.131. The topological polar surface area (TPSA) is 0 Å². The van der Waals surface area contributed by atoms with E-state index < -0.39 is 0 Å². The van der Waals surface area contributed by atoms with E-state index in [1.165, 1.54) is 78.1 Å². The molecule has 0 radical (unpaired) electrons. The van der Waals surface area contributed by atoms with Crippen LogP contribution >= 0.6 is 0 Å². The van der Waals surface area contributed by atoms with E-state index in [-0.39, 0.29) is 41.1 Å². The summed E-state index contributed by atoms with van der Waals surface area (Å²) < 4.78 is 0. The largest absolute Gasteiger partial charge is 1.00 e. The van der Waals surface area contributed by atoms with Crippen LogP contribution in [0.3, 0.4) is 0 Å². The average molecular weight is 771 g/mol. The van der Waals surface area contributed by atoms with E-state index >= 15 is 0 Å². The number of fused-ring (bicyclic) bond motifs is 2. The Bertz CT molecular complexity index is 1720. The SMILES string of the molecule is CC[Si](=[Zr+2])CC.Cc1cc(C(C)(C)C)ccc1-c1cc2ccccc2[cH-]1.Cc1cc(C(C)(C)C)ccc1-c1cc2ccccc2[cH-]1.[Cl-].[Cl-]. The van der Waals surface area contributed by atoms with Crippen molar-refractivity contribution in [3.8, 4) is 22.3 Å². The van der Waals surface area contributed by atoms with Crippen LogP contribution in [-0.4, -0.2) is 5.43 Å². The fraction of sp³-hybridized carbons (Fsp3) is 0.318. The second-order valence-electron chi connectivity index (χ2n) is 14.6. The average Bonchev–Trinajstić information content (AvgIpc) is 3.65. The Balaban J connectivity index is 0.000000276. The minimum absolute atomic E-state index is 0. The molecule has 0 bridgehead atoms. The zero-order valence-electron chi connectivity index (χ0n) is 30.6. The van der Waals surface area contributed by atoms with Gasteiger partial charge in [0.25, 0.3) is 0 Å². The second-order valence-corrected chi connectivity index (χ2v) is 22.5. The normalized spacial score (nSPS) is 11.1. The van der Waals surface area contributed by atoms with Gasteiger partial charge in [0, 0.05) is 0 Å². The molecule has 0 unspecified atom stereocenters. The Morgan fingerprint density at radius 1 is 0.542 bits per heavy atom. The molecule has 0 heterocycles. The monoisotopic (exact) mass is 768 g/mol. The fourth-order valence-corrected chi connectivity index (χ4v) is 6.27. The van der Waals surface area contributed by atoms with Crippen LogP contribution < -0.4 is 24.8 Å². The zero-order valence-corrected chi connectivity index (χ0v) is 35.5. The minimum Gasteiger partial charge on any atom is -1.00 e. The third-order valence-corrected chi connectivity index (χ3v) is 15.8. The molecular weight excluding hydrogens is 719 g/mol. The Kier molecular flexibility index (Phi) is 15.9. The van der Waals surface area contributed by atoms with Gasteiger partial charge in [-0.05, 0) is 35.8 Å². The molecule has 0 amide bonds. The van der Waals surface area contributed by atoms with Gasteiger partial charge in [-0.3, -0.25) is 0 Å². The van der Waals surface area contributed by atoms with Crippen molar-refractivity contribution in [1.82, 2.24) is 0 Å². The van der Waals surface area contributed by atoms with Crippen molar-refractivity contribution in [3.05, 3.63) is 131 Å². The summed E-state index contributed by atoms with van der Waals surface area (Å²) in [7, 11) is 0. The van der Waals surface area contributed by atoms with Crippen LogP contribution in [0.4, 0.5) is 0 Å². The molecule has 6 aromatic carbocycles. The van der Waals surface area contributed by atoms with Gasteiger partial charge in [0.2, 0.25) is 0 Å². The van der Waals surface area contributed by atoms with Crippen molar-refractivity contribution >= 4 is 27.0 Å². The molecular formula is C44H52Cl2SiZr-2. The summed E-state index contributed by atoms with van der Waals surface area (Å²) in [6, 6.07) is 42.9. The third-order valence-electron chi connectivity index (χ3n) is 8.90. The first-order valence-electron chi connectivity index (χ1n) is 16.8. The molecule has 0 N–H and O–H groups in total. The van der Waals surface area contributed by atoms with Crippen LogP contribution in [0, 0.1) is 13.8 Å². The number of benzene rings is 4. The molecule has 0 saturated heterocycles. The van der Waals surface area contributed by atoms with Gasteiger partial charge in [-0.1, -0.05) is 137 Å². The molecule has 48 heavy (non-hydrogen) atoms. The van der Waals surface area contributed by atoms with Crippen LogP contribution in [0.15, 0.2) is 109 Å². The molecule has 0 fully saturated rings. The molecule has 0 atom stereocenters. The summed E-state index contributed by atoms with van der Waals surface area (Å²) in [6.07, 6.45) is 0. The maximum absolute atomic E-state index is 2.33. The molecule has 4 heteroatoms.